The highest BCUT2D eigenvalue weighted by Crippen LogP contribution is 2.27. The fourth-order valence-corrected chi connectivity index (χ4v) is 2.41. The maximum Gasteiger partial charge on any atom is 0.251 e. The standard InChI is InChI=1S/C18H23N3O2.H2/c1-18(2,3)11-15(22)21(5)16-14-7-6-13(17(23)19-4)10-12(14)8-9-20-16;/h6-10H,11H2,1-5H3,(H,19,23);1H. The topological polar surface area (TPSA) is 62.3 Å². The minimum absolute atomic E-state index is 0. The van der Waals surface area contributed by atoms with E-state index in [1.54, 1.807) is 37.3 Å². The van der Waals surface area contributed by atoms with E-state index < -0.39 is 0 Å². The molecule has 0 fully saturated rings. The van der Waals surface area contributed by atoms with Gasteiger partial charge in [-0.2, -0.15) is 0 Å². The lowest BCUT2D eigenvalue weighted by Gasteiger charge is -2.23. The van der Waals surface area contributed by atoms with Crippen LogP contribution in [0.5, 0.6) is 0 Å². The largest absolute Gasteiger partial charge is 0.355 e. The zero-order valence-electron chi connectivity index (χ0n) is 14.3. The van der Waals surface area contributed by atoms with Crippen molar-refractivity contribution in [3.05, 3.63) is 36.0 Å². The Morgan fingerprint density at radius 1 is 1.26 bits per heavy atom. The average Bonchev–Trinajstić information content (AvgIpc) is 2.50. The number of carbonyl (C=O) groups excluding carboxylic acids is 2. The molecule has 0 aliphatic heterocycles. The van der Waals surface area contributed by atoms with Crippen molar-refractivity contribution < 1.29 is 11.0 Å². The van der Waals surface area contributed by atoms with Crippen molar-refractivity contribution in [2.45, 2.75) is 27.2 Å². The first-order chi connectivity index (χ1) is 10.7. The lowest BCUT2D eigenvalue weighted by atomic mass is 9.91. The van der Waals surface area contributed by atoms with Gasteiger partial charge >= 0.3 is 0 Å². The number of nitrogens with zero attached hydrogens (tertiary/aromatic N) is 2. The SMILES string of the molecule is CNC(=O)c1ccc2c(N(C)C(=O)CC(C)(C)C)nccc2c1.[HH]. The third-order valence-electron chi connectivity index (χ3n) is 3.61. The molecular formula is C18H25N3O2. The van der Waals surface area contributed by atoms with E-state index in [0.29, 0.717) is 17.8 Å². The molecule has 5 nitrogen and oxygen atoms in total. The van der Waals surface area contributed by atoms with Crippen molar-refractivity contribution in [2.24, 2.45) is 5.41 Å². The molecule has 0 aliphatic rings. The first kappa shape index (κ1) is 16.9. The van der Waals surface area contributed by atoms with Crippen LogP contribution >= 0.6 is 0 Å². The second-order valence-electron chi connectivity index (χ2n) is 6.84. The van der Waals surface area contributed by atoms with Gasteiger partial charge in [-0.15, -0.1) is 0 Å². The minimum atomic E-state index is -0.137. The highest BCUT2D eigenvalue weighted by molar-refractivity contribution is 6.04. The molecule has 1 N–H and O–H groups in total. The third kappa shape index (κ3) is 3.86. The molecule has 0 unspecified atom stereocenters. The van der Waals surface area contributed by atoms with Gasteiger partial charge in [0.2, 0.25) is 5.91 Å². The highest BCUT2D eigenvalue weighted by atomic mass is 16.2. The van der Waals surface area contributed by atoms with Crippen LogP contribution in [-0.4, -0.2) is 30.9 Å². The summed E-state index contributed by atoms with van der Waals surface area (Å²) in [5, 5.41) is 4.34. The van der Waals surface area contributed by atoms with E-state index in [0.717, 1.165) is 10.8 Å². The van der Waals surface area contributed by atoms with Gasteiger partial charge in [0.25, 0.3) is 5.91 Å². The van der Waals surface area contributed by atoms with Gasteiger partial charge in [-0.25, -0.2) is 4.98 Å². The van der Waals surface area contributed by atoms with Crippen molar-refractivity contribution in [3.8, 4) is 0 Å². The third-order valence-corrected chi connectivity index (χ3v) is 3.61. The monoisotopic (exact) mass is 315 g/mol. The van der Waals surface area contributed by atoms with Crippen molar-refractivity contribution >= 4 is 28.4 Å². The Morgan fingerprint density at radius 3 is 2.57 bits per heavy atom. The molecule has 1 aromatic carbocycles. The molecule has 124 valence electrons. The smallest absolute Gasteiger partial charge is 0.251 e. The van der Waals surface area contributed by atoms with Gasteiger partial charge in [-0.1, -0.05) is 20.8 Å². The second-order valence-corrected chi connectivity index (χ2v) is 6.84. The van der Waals surface area contributed by atoms with Crippen molar-refractivity contribution in [1.29, 1.82) is 0 Å². The first-order valence-electron chi connectivity index (χ1n) is 7.60. The Kier molecular flexibility index (Phi) is 4.68. The van der Waals surface area contributed by atoms with Crippen LogP contribution in [-0.2, 0) is 4.79 Å². The average molecular weight is 315 g/mol. The van der Waals surface area contributed by atoms with E-state index in [-0.39, 0.29) is 18.7 Å². The van der Waals surface area contributed by atoms with Gasteiger partial charge in [0.05, 0.1) is 0 Å². The first-order valence-corrected chi connectivity index (χ1v) is 7.60. The summed E-state index contributed by atoms with van der Waals surface area (Å²) in [6.07, 6.45) is 2.10. The van der Waals surface area contributed by atoms with Crippen LogP contribution in [0.15, 0.2) is 30.5 Å². The van der Waals surface area contributed by atoms with E-state index in [1.165, 1.54) is 0 Å². The van der Waals surface area contributed by atoms with Crippen molar-refractivity contribution in [2.75, 3.05) is 19.0 Å². The van der Waals surface area contributed by atoms with E-state index in [4.69, 9.17) is 0 Å². The molecule has 0 saturated carbocycles. The van der Waals surface area contributed by atoms with Gasteiger partial charge < -0.3 is 5.32 Å². The van der Waals surface area contributed by atoms with Gasteiger partial charge in [-0.05, 0) is 35.1 Å². The van der Waals surface area contributed by atoms with Gasteiger partial charge in [0.1, 0.15) is 5.82 Å². The fourth-order valence-electron chi connectivity index (χ4n) is 2.41. The molecule has 2 amide bonds. The second kappa shape index (κ2) is 6.36. The minimum Gasteiger partial charge on any atom is -0.355 e. The molecule has 0 bridgehead atoms. The van der Waals surface area contributed by atoms with Crippen molar-refractivity contribution in [1.82, 2.24) is 10.3 Å². The van der Waals surface area contributed by atoms with Gasteiger partial charge in [-0.3, -0.25) is 14.5 Å². The zero-order valence-corrected chi connectivity index (χ0v) is 14.3. The molecule has 1 aromatic heterocycles. The Bertz CT molecular complexity index is 754. The van der Waals surface area contributed by atoms with Gasteiger partial charge in [0, 0.05) is 39.1 Å². The summed E-state index contributed by atoms with van der Waals surface area (Å²) in [5.74, 6) is 0.496. The fraction of sp³-hybridized carbons (Fsp3) is 0.389. The number of anilines is 1. The summed E-state index contributed by atoms with van der Waals surface area (Å²) >= 11 is 0. The number of carbonyl (C=O) groups is 2. The zero-order chi connectivity index (χ0) is 17.2. The Hall–Kier alpha value is -2.43. The van der Waals surface area contributed by atoms with Crippen LogP contribution in [0.2, 0.25) is 0 Å². The summed E-state index contributed by atoms with van der Waals surface area (Å²) in [6, 6.07) is 7.23. The maximum atomic E-state index is 12.4. The summed E-state index contributed by atoms with van der Waals surface area (Å²) < 4.78 is 0. The van der Waals surface area contributed by atoms with E-state index in [2.05, 4.69) is 10.3 Å². The molecule has 1 heterocycles. The summed E-state index contributed by atoms with van der Waals surface area (Å²) in [7, 11) is 3.34. The number of pyridine rings is 1. The molecule has 23 heavy (non-hydrogen) atoms. The van der Waals surface area contributed by atoms with Crippen LogP contribution < -0.4 is 10.2 Å². The Morgan fingerprint density at radius 2 is 1.96 bits per heavy atom. The predicted octanol–water partition coefficient (Wildman–Crippen LogP) is 3.24. The molecule has 0 saturated heterocycles. The van der Waals surface area contributed by atoms with Crippen molar-refractivity contribution in [3.63, 3.8) is 0 Å². The van der Waals surface area contributed by atoms with E-state index in [1.807, 2.05) is 32.9 Å². The van der Waals surface area contributed by atoms with E-state index in [9.17, 15) is 9.59 Å². The lowest BCUT2D eigenvalue weighted by Crippen LogP contribution is -2.30. The van der Waals surface area contributed by atoms with E-state index >= 15 is 0 Å². The number of nitrogens with one attached hydrogen (secondary N) is 1. The Labute approximate surface area is 138 Å². The molecule has 0 aliphatic carbocycles. The maximum absolute atomic E-state index is 12.4. The van der Waals surface area contributed by atoms with Crippen LogP contribution in [0.1, 0.15) is 39.0 Å². The molecule has 0 atom stereocenters. The number of fused-ring (bicyclic) bond motifs is 1. The number of aromatic nitrogens is 1. The highest BCUT2D eigenvalue weighted by Gasteiger charge is 2.21. The summed E-state index contributed by atoms with van der Waals surface area (Å²) in [4.78, 5) is 30.1. The molecular weight excluding hydrogens is 290 g/mol. The number of amides is 2. The Balaban J connectivity index is 0.00000288. The van der Waals surface area contributed by atoms with Crippen LogP contribution in [0.4, 0.5) is 5.82 Å². The lowest BCUT2D eigenvalue weighted by molar-refractivity contribution is -0.120. The van der Waals surface area contributed by atoms with Crippen LogP contribution in [0, 0.1) is 5.41 Å². The van der Waals surface area contributed by atoms with Gasteiger partial charge in [0.15, 0.2) is 0 Å². The molecule has 2 rings (SSSR count). The normalized spacial score (nSPS) is 11.3. The molecule has 2 aromatic rings. The molecule has 0 radical (unpaired) electrons. The predicted molar refractivity (Wildman–Crippen MR) is 94.7 cm³/mol. The summed E-state index contributed by atoms with van der Waals surface area (Å²) in [6.45, 7) is 6.10. The molecule has 5 heteroatoms. The number of hydrogen-bond acceptors (Lipinski definition) is 3. The van der Waals surface area contributed by atoms with Crippen LogP contribution in [0.25, 0.3) is 10.8 Å². The number of rotatable bonds is 3. The number of benzene rings is 1. The summed E-state index contributed by atoms with van der Waals surface area (Å²) in [5.41, 5.74) is 0.503. The molecule has 0 spiro atoms. The number of hydrogen-bond donors (Lipinski definition) is 1. The quantitative estimate of drug-likeness (QED) is 0.946. The van der Waals surface area contributed by atoms with Crippen LogP contribution in [0.3, 0.4) is 0 Å².